The highest BCUT2D eigenvalue weighted by Gasteiger charge is 2.08. The third-order valence-electron chi connectivity index (χ3n) is 1.86. The smallest absolute Gasteiger partial charge is 0.0388 e. The van der Waals surface area contributed by atoms with Gasteiger partial charge in [0.1, 0.15) is 0 Å². The Morgan fingerprint density at radius 2 is 2.00 bits per heavy atom. The average Bonchev–Trinajstić information content (AvgIpc) is 2.04. The van der Waals surface area contributed by atoms with Crippen molar-refractivity contribution in [1.82, 2.24) is 5.32 Å². The van der Waals surface area contributed by atoms with Crippen LogP contribution in [0.5, 0.6) is 0 Å². The molecule has 0 aliphatic carbocycles. The largest absolute Gasteiger partial charge is 0.316 e. The maximum atomic E-state index is 11.4. The van der Waals surface area contributed by atoms with Gasteiger partial charge in [0.2, 0.25) is 0 Å². The Morgan fingerprint density at radius 1 is 1.33 bits per heavy atom. The summed E-state index contributed by atoms with van der Waals surface area (Å²) in [5.74, 6) is 1.67. The van der Waals surface area contributed by atoms with Crippen molar-refractivity contribution in [2.75, 3.05) is 18.6 Å². The molecule has 0 amide bonds. The molecule has 0 fully saturated rings. The molecule has 2 nitrogen and oxygen atoms in total. The molecule has 0 heterocycles. The molecule has 74 valence electrons. The lowest BCUT2D eigenvalue weighted by atomic mass is 10.2. The van der Waals surface area contributed by atoms with Crippen LogP contribution in [-0.4, -0.2) is 28.8 Å². The predicted octanol–water partition coefficient (Wildman–Crippen LogP) is 1.53. The molecule has 0 bridgehead atoms. The van der Waals surface area contributed by atoms with E-state index in [2.05, 4.69) is 19.2 Å². The molecule has 3 heteroatoms. The maximum Gasteiger partial charge on any atom is 0.0388 e. The van der Waals surface area contributed by atoms with Crippen LogP contribution in [-0.2, 0) is 10.8 Å². The molecule has 0 rings (SSSR count). The van der Waals surface area contributed by atoms with Crippen molar-refractivity contribution >= 4 is 10.8 Å². The Morgan fingerprint density at radius 3 is 2.42 bits per heavy atom. The molecule has 0 aliphatic rings. The van der Waals surface area contributed by atoms with Crippen molar-refractivity contribution in [3.8, 4) is 0 Å². The van der Waals surface area contributed by atoms with Gasteiger partial charge in [-0.05, 0) is 19.9 Å². The van der Waals surface area contributed by atoms with Gasteiger partial charge < -0.3 is 5.32 Å². The normalized spacial score (nSPS) is 15.9. The van der Waals surface area contributed by atoms with E-state index in [1.807, 2.05) is 7.05 Å². The topological polar surface area (TPSA) is 29.1 Å². The van der Waals surface area contributed by atoms with Crippen molar-refractivity contribution in [1.29, 1.82) is 0 Å². The number of hydrogen-bond acceptors (Lipinski definition) is 2. The van der Waals surface area contributed by atoms with Gasteiger partial charge in [-0.1, -0.05) is 20.3 Å². The molecule has 0 spiro atoms. The summed E-state index contributed by atoms with van der Waals surface area (Å²) < 4.78 is 11.4. The lowest BCUT2D eigenvalue weighted by molar-refractivity contribution is 0.557. The van der Waals surface area contributed by atoms with Gasteiger partial charge in [-0.25, -0.2) is 0 Å². The minimum absolute atomic E-state index is 0.447. The van der Waals surface area contributed by atoms with Gasteiger partial charge in [0, 0.05) is 28.3 Å². The van der Waals surface area contributed by atoms with E-state index < -0.39 is 10.8 Å². The van der Waals surface area contributed by atoms with Gasteiger partial charge >= 0.3 is 0 Å². The van der Waals surface area contributed by atoms with Gasteiger partial charge in [0.05, 0.1) is 0 Å². The number of nitrogens with one attached hydrogen (secondary N) is 1. The zero-order valence-corrected chi connectivity index (χ0v) is 9.25. The summed E-state index contributed by atoms with van der Waals surface area (Å²) in [7, 11) is 1.33. The maximum absolute atomic E-state index is 11.4. The Balaban J connectivity index is 3.61. The van der Waals surface area contributed by atoms with Crippen LogP contribution in [0, 0.1) is 0 Å². The summed E-state index contributed by atoms with van der Waals surface area (Å²) in [6, 6.07) is 0.447. The van der Waals surface area contributed by atoms with Crippen LogP contribution < -0.4 is 5.32 Å². The summed E-state index contributed by atoms with van der Waals surface area (Å²) in [6.45, 7) is 4.24. The lowest BCUT2D eigenvalue weighted by Crippen LogP contribution is -2.31. The Labute approximate surface area is 78.6 Å². The van der Waals surface area contributed by atoms with Crippen LogP contribution in [0.25, 0.3) is 0 Å². The molecule has 0 aromatic rings. The molecule has 2 unspecified atom stereocenters. The van der Waals surface area contributed by atoms with Crippen molar-refractivity contribution in [2.45, 2.75) is 39.2 Å². The van der Waals surface area contributed by atoms with Gasteiger partial charge in [-0.2, -0.15) is 0 Å². The van der Waals surface area contributed by atoms with Crippen LogP contribution >= 0.6 is 0 Å². The minimum Gasteiger partial charge on any atom is -0.316 e. The number of hydrogen-bond donors (Lipinski definition) is 1. The zero-order valence-electron chi connectivity index (χ0n) is 8.43. The van der Waals surface area contributed by atoms with Crippen molar-refractivity contribution in [3.63, 3.8) is 0 Å². The highest BCUT2D eigenvalue weighted by molar-refractivity contribution is 7.85. The van der Waals surface area contributed by atoms with E-state index in [1.54, 1.807) is 0 Å². The summed E-state index contributed by atoms with van der Waals surface area (Å²) in [5, 5.41) is 3.20. The third-order valence-corrected chi connectivity index (χ3v) is 3.50. The zero-order chi connectivity index (χ0) is 9.40. The molecule has 0 aromatic carbocycles. The molecule has 0 saturated heterocycles. The molecule has 2 atom stereocenters. The second kappa shape index (κ2) is 7.74. The van der Waals surface area contributed by atoms with E-state index in [0.29, 0.717) is 6.04 Å². The third kappa shape index (κ3) is 5.72. The fraction of sp³-hybridized carbons (Fsp3) is 1.00. The van der Waals surface area contributed by atoms with E-state index >= 15 is 0 Å². The van der Waals surface area contributed by atoms with E-state index in [9.17, 15) is 4.21 Å². The van der Waals surface area contributed by atoms with E-state index in [4.69, 9.17) is 0 Å². The molecule has 0 radical (unpaired) electrons. The quantitative estimate of drug-likeness (QED) is 0.661. The van der Waals surface area contributed by atoms with Crippen molar-refractivity contribution in [2.24, 2.45) is 0 Å². The second-order valence-electron chi connectivity index (χ2n) is 3.08. The fourth-order valence-corrected chi connectivity index (χ4v) is 2.60. The van der Waals surface area contributed by atoms with Crippen LogP contribution in [0.3, 0.4) is 0 Å². The van der Waals surface area contributed by atoms with Crippen molar-refractivity contribution < 1.29 is 4.21 Å². The van der Waals surface area contributed by atoms with Crippen molar-refractivity contribution in [3.05, 3.63) is 0 Å². The molecule has 0 aromatic heterocycles. The highest BCUT2D eigenvalue weighted by atomic mass is 32.2. The highest BCUT2D eigenvalue weighted by Crippen LogP contribution is 1.99. The lowest BCUT2D eigenvalue weighted by Gasteiger charge is -2.13. The van der Waals surface area contributed by atoms with Crippen LogP contribution in [0.4, 0.5) is 0 Å². The Bertz CT molecular complexity index is 128. The number of rotatable bonds is 7. The second-order valence-corrected chi connectivity index (χ2v) is 4.71. The SMILES string of the molecule is CCCC(CS(=O)CCC)NC. The molecule has 0 aliphatic heterocycles. The summed E-state index contributed by atoms with van der Waals surface area (Å²) in [4.78, 5) is 0. The average molecular weight is 191 g/mol. The first-order valence-corrected chi connectivity index (χ1v) is 6.25. The molecule has 0 saturated carbocycles. The van der Waals surface area contributed by atoms with E-state index in [-0.39, 0.29) is 0 Å². The summed E-state index contributed by atoms with van der Waals surface area (Å²) >= 11 is 0. The molecular formula is C9H21NOS. The molecule has 1 N–H and O–H groups in total. The molecular weight excluding hydrogens is 170 g/mol. The standard InChI is InChI=1S/C9H21NOS/c1-4-6-9(10-3)8-12(11)7-5-2/h9-10H,4-8H2,1-3H3. The summed E-state index contributed by atoms with van der Waals surface area (Å²) in [6.07, 6.45) is 3.32. The fourth-order valence-electron chi connectivity index (χ4n) is 1.19. The first-order valence-electron chi connectivity index (χ1n) is 4.76. The Hall–Kier alpha value is 0.110. The Kier molecular flexibility index (Phi) is 7.81. The van der Waals surface area contributed by atoms with Crippen LogP contribution in [0.1, 0.15) is 33.1 Å². The van der Waals surface area contributed by atoms with E-state index in [0.717, 1.165) is 30.8 Å². The van der Waals surface area contributed by atoms with Gasteiger partial charge in [-0.15, -0.1) is 0 Å². The van der Waals surface area contributed by atoms with Gasteiger partial charge in [0.25, 0.3) is 0 Å². The monoisotopic (exact) mass is 191 g/mol. The minimum atomic E-state index is -0.614. The first kappa shape index (κ1) is 12.1. The van der Waals surface area contributed by atoms with Gasteiger partial charge in [-0.3, -0.25) is 4.21 Å². The molecule has 12 heavy (non-hydrogen) atoms. The van der Waals surface area contributed by atoms with Gasteiger partial charge in [0.15, 0.2) is 0 Å². The predicted molar refractivity (Wildman–Crippen MR) is 55.9 cm³/mol. The van der Waals surface area contributed by atoms with Crippen LogP contribution in [0.15, 0.2) is 0 Å². The summed E-state index contributed by atoms with van der Waals surface area (Å²) in [5.41, 5.74) is 0. The first-order chi connectivity index (χ1) is 5.74. The van der Waals surface area contributed by atoms with Crippen LogP contribution in [0.2, 0.25) is 0 Å². The van der Waals surface area contributed by atoms with E-state index in [1.165, 1.54) is 0 Å².